The van der Waals surface area contributed by atoms with Gasteiger partial charge in [-0.2, -0.15) is 5.26 Å². The Morgan fingerprint density at radius 2 is 2.11 bits per heavy atom. The minimum Gasteiger partial charge on any atom is -0.367 e. The highest BCUT2D eigenvalue weighted by Crippen LogP contribution is 2.15. The zero-order valence-corrected chi connectivity index (χ0v) is 11.0. The molecule has 18 heavy (non-hydrogen) atoms. The molecule has 0 aromatic carbocycles. The van der Waals surface area contributed by atoms with Crippen LogP contribution < -0.4 is 5.32 Å². The molecule has 5 nitrogen and oxygen atoms in total. The molecule has 0 unspecified atom stereocenters. The first-order valence-corrected chi connectivity index (χ1v) is 6.35. The van der Waals surface area contributed by atoms with Gasteiger partial charge in [0.2, 0.25) is 0 Å². The Kier molecular flexibility index (Phi) is 4.11. The van der Waals surface area contributed by atoms with Gasteiger partial charge in [-0.15, -0.1) is 0 Å². The summed E-state index contributed by atoms with van der Waals surface area (Å²) in [6, 6.07) is 4.64. The Balaban J connectivity index is 1.90. The normalized spacial score (nSPS) is 17.4. The molecule has 1 aromatic rings. The van der Waals surface area contributed by atoms with Crippen molar-refractivity contribution in [3.05, 3.63) is 17.6 Å². The Morgan fingerprint density at radius 3 is 2.72 bits per heavy atom. The maximum absolute atomic E-state index is 8.66. The first-order chi connectivity index (χ1) is 8.67. The van der Waals surface area contributed by atoms with Crippen LogP contribution >= 0.6 is 0 Å². The van der Waals surface area contributed by atoms with Crippen molar-refractivity contribution in [2.75, 3.05) is 25.0 Å². The number of nitrogens with zero attached hydrogens (tertiary/aromatic N) is 4. The lowest BCUT2D eigenvalue weighted by molar-refractivity contribution is 0.242. The number of likely N-dealkylation sites (tertiary alicyclic amines) is 1. The number of aromatic nitrogens is 2. The van der Waals surface area contributed by atoms with Gasteiger partial charge in [0.05, 0.1) is 12.6 Å². The van der Waals surface area contributed by atoms with E-state index in [2.05, 4.69) is 26.3 Å². The van der Waals surface area contributed by atoms with Crippen molar-refractivity contribution < 1.29 is 0 Å². The number of rotatable bonds is 3. The van der Waals surface area contributed by atoms with Crippen LogP contribution in [0.15, 0.2) is 6.07 Å². The second kappa shape index (κ2) is 5.78. The van der Waals surface area contributed by atoms with Crippen LogP contribution in [0.1, 0.15) is 24.4 Å². The monoisotopic (exact) mass is 245 g/mol. The van der Waals surface area contributed by atoms with Crippen LogP contribution in [0.5, 0.6) is 0 Å². The maximum Gasteiger partial charge on any atom is 0.130 e. The lowest BCUT2D eigenvalue weighted by Gasteiger charge is -2.31. The average Bonchev–Trinajstić information content (AvgIpc) is 2.31. The van der Waals surface area contributed by atoms with Crippen molar-refractivity contribution in [1.82, 2.24) is 14.9 Å². The minimum absolute atomic E-state index is 0.452. The van der Waals surface area contributed by atoms with Crippen molar-refractivity contribution >= 4 is 5.82 Å². The molecule has 1 saturated heterocycles. The molecule has 0 saturated carbocycles. The van der Waals surface area contributed by atoms with Gasteiger partial charge in [0, 0.05) is 30.9 Å². The molecule has 1 fully saturated rings. The van der Waals surface area contributed by atoms with Gasteiger partial charge >= 0.3 is 0 Å². The molecule has 1 N–H and O–H groups in total. The summed E-state index contributed by atoms with van der Waals surface area (Å²) < 4.78 is 0. The summed E-state index contributed by atoms with van der Waals surface area (Å²) in [5, 5.41) is 12.1. The van der Waals surface area contributed by atoms with E-state index in [1.54, 1.807) is 0 Å². The number of nitrogens with one attached hydrogen (secondary N) is 1. The van der Waals surface area contributed by atoms with Crippen LogP contribution in [0.25, 0.3) is 0 Å². The zero-order chi connectivity index (χ0) is 13.0. The lowest BCUT2D eigenvalue weighted by atomic mass is 10.1. The van der Waals surface area contributed by atoms with E-state index >= 15 is 0 Å². The van der Waals surface area contributed by atoms with E-state index in [1.807, 2.05) is 19.9 Å². The van der Waals surface area contributed by atoms with Crippen LogP contribution in [0.4, 0.5) is 5.82 Å². The fraction of sp³-hybridized carbons (Fsp3) is 0.615. The third-order valence-electron chi connectivity index (χ3n) is 3.20. The van der Waals surface area contributed by atoms with Gasteiger partial charge < -0.3 is 5.32 Å². The highest BCUT2D eigenvalue weighted by atomic mass is 15.1. The summed E-state index contributed by atoms with van der Waals surface area (Å²) in [5.74, 6) is 1.72. The van der Waals surface area contributed by atoms with Crippen molar-refractivity contribution in [2.45, 2.75) is 32.7 Å². The molecule has 1 aliphatic heterocycles. The predicted octanol–water partition coefficient (Wildman–Crippen LogP) is 1.49. The lowest BCUT2D eigenvalue weighted by Crippen LogP contribution is -2.39. The SMILES string of the molecule is Cc1cc(NC2CCN(CC#N)CC2)nc(C)n1. The Bertz CT molecular complexity index is 423. The van der Waals surface area contributed by atoms with E-state index in [0.717, 1.165) is 43.3 Å². The summed E-state index contributed by atoms with van der Waals surface area (Å²) in [5.41, 5.74) is 0.993. The van der Waals surface area contributed by atoms with E-state index in [1.165, 1.54) is 0 Å². The fourth-order valence-corrected chi connectivity index (χ4v) is 2.34. The van der Waals surface area contributed by atoms with Crippen molar-refractivity contribution in [2.24, 2.45) is 0 Å². The van der Waals surface area contributed by atoms with Crippen molar-refractivity contribution in [1.29, 1.82) is 5.26 Å². The number of piperidine rings is 1. The summed E-state index contributed by atoms with van der Waals surface area (Å²) in [4.78, 5) is 10.9. The van der Waals surface area contributed by atoms with Crippen LogP contribution in [0, 0.1) is 25.2 Å². The molecule has 2 heterocycles. The molecular formula is C13H19N5. The van der Waals surface area contributed by atoms with E-state index in [-0.39, 0.29) is 0 Å². The first-order valence-electron chi connectivity index (χ1n) is 6.35. The van der Waals surface area contributed by atoms with Crippen LogP contribution in [0.3, 0.4) is 0 Å². The minimum atomic E-state index is 0.452. The summed E-state index contributed by atoms with van der Waals surface area (Å²) >= 11 is 0. The quantitative estimate of drug-likeness (QED) is 0.817. The fourth-order valence-electron chi connectivity index (χ4n) is 2.34. The summed E-state index contributed by atoms with van der Waals surface area (Å²) in [7, 11) is 0. The molecule has 0 bridgehead atoms. The Labute approximate surface area is 108 Å². The van der Waals surface area contributed by atoms with Gasteiger partial charge in [0.1, 0.15) is 11.6 Å². The molecule has 0 radical (unpaired) electrons. The number of nitriles is 1. The van der Waals surface area contributed by atoms with Crippen molar-refractivity contribution in [3.63, 3.8) is 0 Å². The van der Waals surface area contributed by atoms with Gasteiger partial charge in [0.15, 0.2) is 0 Å². The van der Waals surface area contributed by atoms with Gasteiger partial charge in [-0.25, -0.2) is 9.97 Å². The topological polar surface area (TPSA) is 64.8 Å². The third kappa shape index (κ3) is 3.41. The average molecular weight is 245 g/mol. The van der Waals surface area contributed by atoms with Gasteiger partial charge in [-0.3, -0.25) is 4.90 Å². The van der Waals surface area contributed by atoms with Gasteiger partial charge in [0.25, 0.3) is 0 Å². The molecule has 0 atom stereocenters. The first kappa shape index (κ1) is 12.8. The zero-order valence-electron chi connectivity index (χ0n) is 11.0. The third-order valence-corrected chi connectivity index (χ3v) is 3.20. The highest BCUT2D eigenvalue weighted by molar-refractivity contribution is 5.36. The predicted molar refractivity (Wildman–Crippen MR) is 70.2 cm³/mol. The molecule has 0 amide bonds. The number of hydrogen-bond donors (Lipinski definition) is 1. The standard InChI is InChI=1S/C13H19N5/c1-10-9-13(16-11(2)15-10)17-12-3-6-18(7-4-12)8-5-14/h9,12H,3-4,6-8H2,1-2H3,(H,15,16,17). The summed E-state index contributed by atoms with van der Waals surface area (Å²) in [6.45, 7) is 6.39. The smallest absolute Gasteiger partial charge is 0.130 e. The second-order valence-corrected chi connectivity index (χ2v) is 4.79. The summed E-state index contributed by atoms with van der Waals surface area (Å²) in [6.07, 6.45) is 2.12. The Morgan fingerprint density at radius 1 is 1.39 bits per heavy atom. The van der Waals surface area contributed by atoms with Gasteiger partial charge in [-0.05, 0) is 26.7 Å². The number of hydrogen-bond acceptors (Lipinski definition) is 5. The molecule has 1 aliphatic rings. The second-order valence-electron chi connectivity index (χ2n) is 4.79. The molecular weight excluding hydrogens is 226 g/mol. The van der Waals surface area contributed by atoms with Crippen LogP contribution in [-0.4, -0.2) is 40.5 Å². The molecule has 2 rings (SSSR count). The number of aryl methyl sites for hydroxylation is 2. The maximum atomic E-state index is 8.66. The van der Waals surface area contributed by atoms with E-state index in [0.29, 0.717) is 12.6 Å². The van der Waals surface area contributed by atoms with E-state index in [4.69, 9.17) is 5.26 Å². The Hall–Kier alpha value is -1.67. The van der Waals surface area contributed by atoms with Crippen LogP contribution in [0.2, 0.25) is 0 Å². The van der Waals surface area contributed by atoms with E-state index < -0.39 is 0 Å². The molecule has 1 aromatic heterocycles. The van der Waals surface area contributed by atoms with Crippen LogP contribution in [-0.2, 0) is 0 Å². The molecule has 96 valence electrons. The molecule has 0 spiro atoms. The largest absolute Gasteiger partial charge is 0.367 e. The molecule has 5 heteroatoms. The van der Waals surface area contributed by atoms with Crippen molar-refractivity contribution in [3.8, 4) is 6.07 Å². The van der Waals surface area contributed by atoms with Gasteiger partial charge in [-0.1, -0.05) is 0 Å². The molecule has 0 aliphatic carbocycles. The number of anilines is 1. The van der Waals surface area contributed by atoms with E-state index in [9.17, 15) is 0 Å². The highest BCUT2D eigenvalue weighted by Gasteiger charge is 2.18.